The van der Waals surface area contributed by atoms with Gasteiger partial charge in [-0.1, -0.05) is 221 Å². The molecule has 93 heavy (non-hydrogen) atoms. The number of carbonyl (C=O) groups excluding carboxylic acids is 5. The van der Waals surface area contributed by atoms with Gasteiger partial charge in [0.15, 0.2) is 11.9 Å². The van der Waals surface area contributed by atoms with Crippen LogP contribution in [0.2, 0.25) is 18.1 Å². The van der Waals surface area contributed by atoms with E-state index in [1.165, 1.54) is 148 Å². The zero-order valence-corrected chi connectivity index (χ0v) is 60.9. The number of hydrogen-bond acceptors (Lipinski definition) is 13. The van der Waals surface area contributed by atoms with Gasteiger partial charge in [0.05, 0.1) is 0 Å². The number of ether oxygens (including phenoxy) is 5. The van der Waals surface area contributed by atoms with E-state index in [2.05, 4.69) is 58.7 Å². The zero-order chi connectivity index (χ0) is 66.8. The number of benzene rings is 3. The van der Waals surface area contributed by atoms with Crippen LogP contribution in [0.4, 0.5) is 0 Å². The minimum Gasteiger partial charge on any atom is -0.543 e. The monoisotopic (exact) mass is 1320 g/mol. The Morgan fingerprint density at radius 1 is 0.495 bits per heavy atom. The van der Waals surface area contributed by atoms with Crippen molar-refractivity contribution in [2.24, 2.45) is 0 Å². The Morgan fingerprint density at radius 2 is 0.914 bits per heavy atom. The van der Waals surface area contributed by atoms with Crippen molar-refractivity contribution in [1.29, 1.82) is 0 Å². The summed E-state index contributed by atoms with van der Waals surface area (Å²) < 4.78 is 36.6. The molecule has 0 spiro atoms. The molecule has 0 radical (unpaired) electrons. The van der Waals surface area contributed by atoms with Crippen LogP contribution in [0.5, 0.6) is 17.2 Å². The van der Waals surface area contributed by atoms with Crippen molar-refractivity contribution in [2.45, 2.75) is 309 Å². The largest absolute Gasteiger partial charge is 0.543 e. The minimum atomic E-state index is -2.13. The first-order valence-electron chi connectivity index (χ1n) is 37.1. The lowest BCUT2D eigenvalue weighted by atomic mass is 9.97. The molecule has 14 heteroatoms. The van der Waals surface area contributed by atoms with Crippen LogP contribution >= 0.6 is 11.3 Å². The molecule has 0 amide bonds. The van der Waals surface area contributed by atoms with Crippen molar-refractivity contribution in [2.75, 3.05) is 39.5 Å². The van der Waals surface area contributed by atoms with Crippen molar-refractivity contribution in [3.8, 4) is 27.7 Å². The summed E-state index contributed by atoms with van der Waals surface area (Å²) in [6.07, 6.45) is 40.7. The molecule has 5 rings (SSSR count). The molecule has 0 unspecified atom stereocenters. The fraction of sp³-hybridized carbons (Fsp3) is 0.684. The zero-order valence-electron chi connectivity index (χ0n) is 59.1. The summed E-state index contributed by atoms with van der Waals surface area (Å²) in [6.45, 7) is 19.1. The van der Waals surface area contributed by atoms with Crippen LogP contribution in [0.15, 0.2) is 66.7 Å². The summed E-state index contributed by atoms with van der Waals surface area (Å²) in [6, 6.07) is 21.0. The smallest absolute Gasteiger partial charge is 0.311 e. The average Bonchev–Trinajstić information content (AvgIpc) is 1.63. The van der Waals surface area contributed by atoms with Crippen molar-refractivity contribution in [3.63, 3.8) is 0 Å². The topological polar surface area (TPSA) is 144 Å². The number of piperidine rings is 1. The first-order chi connectivity index (χ1) is 45.1. The van der Waals surface area contributed by atoms with E-state index in [9.17, 15) is 24.0 Å². The van der Waals surface area contributed by atoms with Crippen LogP contribution < -0.4 is 13.9 Å². The van der Waals surface area contributed by atoms with E-state index in [1.807, 2.05) is 48.5 Å². The molecule has 520 valence electrons. The lowest BCUT2D eigenvalue weighted by Crippen LogP contribution is -2.43. The van der Waals surface area contributed by atoms with Gasteiger partial charge in [0.1, 0.15) is 37.1 Å². The lowest BCUT2D eigenvalue weighted by molar-refractivity contribution is -0.167. The van der Waals surface area contributed by atoms with Crippen LogP contribution in [-0.4, -0.2) is 88.4 Å². The van der Waals surface area contributed by atoms with E-state index in [-0.39, 0.29) is 54.8 Å². The third-order valence-corrected chi connectivity index (χ3v) is 24.4. The summed E-state index contributed by atoms with van der Waals surface area (Å²) in [4.78, 5) is 69.7. The maximum absolute atomic E-state index is 14.6. The molecule has 0 atom stereocenters. The van der Waals surface area contributed by atoms with Gasteiger partial charge in [-0.3, -0.25) is 28.9 Å². The Kier molecular flexibility index (Phi) is 39.0. The Morgan fingerprint density at radius 3 is 1.38 bits per heavy atom. The standard InChI is InChI=1S/C79H123NO11SSi/c1-8-10-12-14-16-18-20-22-24-26-28-32-37-43-72(81)87-62-69(63-88-73(82)44-38-33-29-27-25-23-21-19-17-15-13-11-9-2)90-75(84)46-40-35-31-30-34-39-45-74(83)89-67-53-49-65(50-54-67)78-76(70-56-55-68(61-71(70)92-78)91-93(6,7)79(3,4)5)77(85)64-47-51-66(52-48-64)86-60-59-80-57-41-36-42-58-80/h47-56,61,69H,8-46,57-60,62-63H2,1-7H3. The number of likely N-dealkylation sites (tertiary alicyclic amines) is 1. The van der Waals surface area contributed by atoms with Gasteiger partial charge in [-0.15, -0.1) is 11.3 Å². The van der Waals surface area contributed by atoms with Crippen molar-refractivity contribution in [1.82, 2.24) is 4.90 Å². The number of carbonyl (C=O) groups is 5. The molecule has 4 aromatic rings. The number of fused-ring (bicyclic) bond motifs is 1. The Bertz CT molecular complexity index is 2660. The predicted octanol–water partition coefficient (Wildman–Crippen LogP) is 22.0. The lowest BCUT2D eigenvalue weighted by Gasteiger charge is -2.36. The van der Waals surface area contributed by atoms with Crippen LogP contribution in [0.25, 0.3) is 20.5 Å². The highest BCUT2D eigenvalue weighted by Gasteiger charge is 2.39. The molecule has 3 aromatic carbocycles. The van der Waals surface area contributed by atoms with Gasteiger partial charge in [0.2, 0.25) is 8.32 Å². The second kappa shape index (κ2) is 46.2. The second-order valence-electron chi connectivity index (χ2n) is 28.0. The van der Waals surface area contributed by atoms with E-state index in [1.54, 1.807) is 23.5 Å². The molecular weight excluding hydrogens is 1200 g/mol. The summed E-state index contributed by atoms with van der Waals surface area (Å²) in [5.74, 6) is 0.563. The van der Waals surface area contributed by atoms with Crippen molar-refractivity contribution in [3.05, 3.63) is 77.9 Å². The van der Waals surface area contributed by atoms with Crippen LogP contribution in [0.3, 0.4) is 0 Å². The number of nitrogens with zero attached hydrogens (tertiary/aromatic N) is 1. The molecular formula is C79H123NO11SSi. The van der Waals surface area contributed by atoms with Crippen LogP contribution in [-0.2, 0) is 33.4 Å². The maximum Gasteiger partial charge on any atom is 0.311 e. The van der Waals surface area contributed by atoms with Crippen molar-refractivity contribution >= 4 is 59.4 Å². The molecule has 12 nitrogen and oxygen atoms in total. The first-order valence-corrected chi connectivity index (χ1v) is 40.9. The molecule has 0 N–H and O–H groups in total. The molecule has 0 bridgehead atoms. The second-order valence-corrected chi connectivity index (χ2v) is 33.8. The number of ketones is 1. The number of thiophene rings is 1. The highest BCUT2D eigenvalue weighted by Crippen LogP contribution is 2.44. The van der Waals surface area contributed by atoms with Gasteiger partial charge >= 0.3 is 23.9 Å². The maximum atomic E-state index is 14.6. The van der Waals surface area contributed by atoms with E-state index in [0.29, 0.717) is 49.2 Å². The molecule has 1 saturated heterocycles. The van der Waals surface area contributed by atoms with Gasteiger partial charge in [-0.2, -0.15) is 0 Å². The highest BCUT2D eigenvalue weighted by molar-refractivity contribution is 7.22. The van der Waals surface area contributed by atoms with Crippen LogP contribution in [0.1, 0.15) is 301 Å². The number of unbranched alkanes of at least 4 members (excludes halogenated alkanes) is 29. The number of esters is 4. The van der Waals surface area contributed by atoms with E-state index >= 15 is 0 Å². The molecule has 1 fully saturated rings. The predicted molar refractivity (Wildman–Crippen MR) is 386 cm³/mol. The molecule has 0 saturated carbocycles. The third-order valence-electron chi connectivity index (χ3n) is 18.8. The highest BCUT2D eigenvalue weighted by atomic mass is 32.1. The first kappa shape index (κ1) is 78.6. The van der Waals surface area contributed by atoms with Gasteiger partial charge in [0, 0.05) is 58.3 Å². The quantitative estimate of drug-likeness (QED) is 0.0104. The Balaban J connectivity index is 1.03. The molecule has 2 heterocycles. The van der Waals surface area contributed by atoms with E-state index in [4.69, 9.17) is 28.1 Å². The van der Waals surface area contributed by atoms with Crippen LogP contribution in [0, 0.1) is 0 Å². The average molecular weight is 1320 g/mol. The number of rotatable bonds is 52. The summed E-state index contributed by atoms with van der Waals surface area (Å²) in [5, 5.41) is 0.884. The van der Waals surface area contributed by atoms with E-state index < -0.39 is 20.4 Å². The van der Waals surface area contributed by atoms with Gasteiger partial charge in [-0.05, 0) is 142 Å². The van der Waals surface area contributed by atoms with Crippen molar-refractivity contribution < 1.29 is 52.1 Å². The molecule has 0 aliphatic carbocycles. The van der Waals surface area contributed by atoms with Gasteiger partial charge < -0.3 is 28.1 Å². The number of hydrogen-bond donors (Lipinski definition) is 0. The molecule has 1 aromatic heterocycles. The third kappa shape index (κ3) is 32.5. The molecule has 1 aliphatic rings. The normalized spacial score (nSPS) is 12.9. The Hall–Kier alpha value is -5.05. The summed E-state index contributed by atoms with van der Waals surface area (Å²) in [7, 11) is -2.13. The van der Waals surface area contributed by atoms with E-state index in [0.717, 1.165) is 116 Å². The fourth-order valence-electron chi connectivity index (χ4n) is 11.9. The SMILES string of the molecule is CCCCCCCCCCCCCCCC(=O)OCC(COC(=O)CCCCCCCCCCCCCCC)OC(=O)CCCCCCCCC(=O)Oc1ccc(-c2sc3cc(O[Si](C)(C)C(C)(C)C)ccc3c2C(=O)c2ccc(OCCN3CCCCC3)cc2)cc1. The van der Waals surface area contributed by atoms with Gasteiger partial charge in [-0.25, -0.2) is 0 Å². The summed E-state index contributed by atoms with van der Waals surface area (Å²) >= 11 is 1.56. The summed E-state index contributed by atoms with van der Waals surface area (Å²) in [5.41, 5.74) is 2.05. The molecule has 1 aliphatic heterocycles. The fourth-order valence-corrected chi connectivity index (χ4v) is 14.1. The Labute approximate surface area is 567 Å². The minimum absolute atomic E-state index is 0.0204. The van der Waals surface area contributed by atoms with Gasteiger partial charge in [0.25, 0.3) is 0 Å².